The van der Waals surface area contributed by atoms with Crippen LogP contribution in [-0.4, -0.2) is 17.8 Å². The Morgan fingerprint density at radius 1 is 1.21 bits per heavy atom. The minimum absolute atomic E-state index is 0.145. The first kappa shape index (κ1) is 11.2. The molecule has 0 unspecified atom stereocenters. The predicted octanol–water partition coefficient (Wildman–Crippen LogP) is 2.03. The zero-order valence-corrected chi connectivity index (χ0v) is 9.12. The van der Waals surface area contributed by atoms with Crippen molar-refractivity contribution in [1.29, 1.82) is 0 Å². The second kappa shape index (κ2) is 5.13. The third-order valence-electron chi connectivity index (χ3n) is 2.39. The smallest absolute Gasteiger partial charge is 0.0582 e. The summed E-state index contributed by atoms with van der Waals surface area (Å²) in [6.07, 6.45) is 0. The van der Waals surface area contributed by atoms with Crippen LogP contribution in [0.25, 0.3) is 0 Å². The molecule has 0 saturated heterocycles. The van der Waals surface area contributed by atoms with E-state index in [2.05, 4.69) is 43.4 Å². The Bertz CT molecular complexity index is 268. The largest absolute Gasteiger partial charge is 0.395 e. The molecule has 1 aromatic carbocycles. The lowest BCUT2D eigenvalue weighted by Gasteiger charge is -2.18. The molecule has 0 bridgehead atoms. The maximum atomic E-state index is 8.91. The van der Waals surface area contributed by atoms with Crippen LogP contribution in [0.15, 0.2) is 24.3 Å². The number of rotatable bonds is 4. The van der Waals surface area contributed by atoms with Crippen molar-refractivity contribution >= 4 is 0 Å². The highest BCUT2D eigenvalue weighted by molar-refractivity contribution is 5.23. The van der Waals surface area contributed by atoms with Gasteiger partial charge in [-0.3, -0.25) is 0 Å². The fourth-order valence-electron chi connectivity index (χ4n) is 1.43. The Morgan fingerprint density at radius 3 is 2.29 bits per heavy atom. The van der Waals surface area contributed by atoms with Gasteiger partial charge in [-0.25, -0.2) is 0 Å². The zero-order chi connectivity index (χ0) is 10.6. The SMILES string of the molecule is Cc1ccc([C@H](C)N[C@@H](C)CO)cc1. The van der Waals surface area contributed by atoms with E-state index in [4.69, 9.17) is 5.11 Å². The summed E-state index contributed by atoms with van der Waals surface area (Å²) < 4.78 is 0. The molecule has 0 fully saturated rings. The van der Waals surface area contributed by atoms with Gasteiger partial charge in [0.15, 0.2) is 0 Å². The summed E-state index contributed by atoms with van der Waals surface area (Å²) in [6.45, 7) is 6.34. The summed E-state index contributed by atoms with van der Waals surface area (Å²) >= 11 is 0. The number of benzene rings is 1. The molecule has 1 rings (SSSR count). The van der Waals surface area contributed by atoms with Crippen molar-refractivity contribution in [2.45, 2.75) is 32.9 Å². The van der Waals surface area contributed by atoms with Crippen molar-refractivity contribution in [1.82, 2.24) is 5.32 Å². The topological polar surface area (TPSA) is 32.3 Å². The van der Waals surface area contributed by atoms with Crippen LogP contribution in [0.5, 0.6) is 0 Å². The van der Waals surface area contributed by atoms with E-state index in [1.807, 2.05) is 6.92 Å². The van der Waals surface area contributed by atoms with Crippen molar-refractivity contribution in [3.63, 3.8) is 0 Å². The van der Waals surface area contributed by atoms with Crippen LogP contribution in [0.2, 0.25) is 0 Å². The van der Waals surface area contributed by atoms with Gasteiger partial charge in [-0.2, -0.15) is 0 Å². The van der Waals surface area contributed by atoms with E-state index in [0.717, 1.165) is 0 Å². The maximum Gasteiger partial charge on any atom is 0.0582 e. The summed E-state index contributed by atoms with van der Waals surface area (Å²) in [7, 11) is 0. The summed E-state index contributed by atoms with van der Waals surface area (Å²) in [5, 5.41) is 12.2. The van der Waals surface area contributed by atoms with Crippen LogP contribution in [0.4, 0.5) is 0 Å². The number of aryl methyl sites for hydroxylation is 1. The summed E-state index contributed by atoms with van der Waals surface area (Å²) in [4.78, 5) is 0. The first-order valence-corrected chi connectivity index (χ1v) is 5.07. The van der Waals surface area contributed by atoms with E-state index < -0.39 is 0 Å². The molecule has 0 aromatic heterocycles. The van der Waals surface area contributed by atoms with Crippen molar-refractivity contribution in [3.8, 4) is 0 Å². The van der Waals surface area contributed by atoms with E-state index in [1.165, 1.54) is 11.1 Å². The summed E-state index contributed by atoms with van der Waals surface area (Å²) in [5.74, 6) is 0. The highest BCUT2D eigenvalue weighted by Gasteiger charge is 2.07. The lowest BCUT2D eigenvalue weighted by Crippen LogP contribution is -2.31. The Balaban J connectivity index is 2.60. The summed E-state index contributed by atoms with van der Waals surface area (Å²) in [6, 6.07) is 8.90. The Morgan fingerprint density at radius 2 is 1.79 bits per heavy atom. The first-order chi connectivity index (χ1) is 6.63. The van der Waals surface area contributed by atoms with Gasteiger partial charge in [0.25, 0.3) is 0 Å². The van der Waals surface area contributed by atoms with E-state index in [1.54, 1.807) is 0 Å². The van der Waals surface area contributed by atoms with Gasteiger partial charge in [0.2, 0.25) is 0 Å². The van der Waals surface area contributed by atoms with Crippen LogP contribution in [0, 0.1) is 6.92 Å². The van der Waals surface area contributed by atoms with Crippen LogP contribution in [-0.2, 0) is 0 Å². The maximum absolute atomic E-state index is 8.91. The second-order valence-electron chi connectivity index (χ2n) is 3.88. The van der Waals surface area contributed by atoms with Crippen molar-refractivity contribution < 1.29 is 5.11 Å². The fraction of sp³-hybridized carbons (Fsp3) is 0.500. The van der Waals surface area contributed by atoms with Gasteiger partial charge < -0.3 is 10.4 Å². The van der Waals surface area contributed by atoms with Crippen LogP contribution >= 0.6 is 0 Å². The van der Waals surface area contributed by atoms with E-state index in [-0.39, 0.29) is 18.7 Å². The lowest BCUT2D eigenvalue weighted by atomic mass is 10.1. The second-order valence-corrected chi connectivity index (χ2v) is 3.88. The number of aliphatic hydroxyl groups is 1. The Hall–Kier alpha value is -0.860. The highest BCUT2D eigenvalue weighted by Crippen LogP contribution is 2.13. The highest BCUT2D eigenvalue weighted by atomic mass is 16.3. The van der Waals surface area contributed by atoms with Crippen LogP contribution < -0.4 is 5.32 Å². The fourth-order valence-corrected chi connectivity index (χ4v) is 1.43. The lowest BCUT2D eigenvalue weighted by molar-refractivity contribution is 0.243. The van der Waals surface area contributed by atoms with Crippen molar-refractivity contribution in [2.75, 3.05) is 6.61 Å². The van der Waals surface area contributed by atoms with Gasteiger partial charge in [0.05, 0.1) is 6.61 Å². The number of hydrogen-bond donors (Lipinski definition) is 2. The molecular weight excluding hydrogens is 174 g/mol. The van der Waals surface area contributed by atoms with Gasteiger partial charge in [0.1, 0.15) is 0 Å². The van der Waals surface area contributed by atoms with E-state index >= 15 is 0 Å². The Labute approximate surface area is 86.0 Å². The summed E-state index contributed by atoms with van der Waals surface area (Å²) in [5.41, 5.74) is 2.53. The zero-order valence-electron chi connectivity index (χ0n) is 9.12. The molecule has 0 radical (unpaired) electrons. The molecule has 2 N–H and O–H groups in total. The molecule has 2 nitrogen and oxygen atoms in total. The molecule has 2 heteroatoms. The molecule has 0 aliphatic rings. The van der Waals surface area contributed by atoms with Gasteiger partial charge in [-0.05, 0) is 26.3 Å². The molecule has 0 spiro atoms. The molecule has 2 atom stereocenters. The van der Waals surface area contributed by atoms with Gasteiger partial charge in [-0.1, -0.05) is 29.8 Å². The molecule has 0 saturated carbocycles. The third kappa shape index (κ3) is 3.13. The number of aliphatic hydroxyl groups excluding tert-OH is 1. The molecular formula is C12H19NO. The van der Waals surface area contributed by atoms with Gasteiger partial charge in [0, 0.05) is 12.1 Å². The predicted molar refractivity (Wildman–Crippen MR) is 59.3 cm³/mol. The molecule has 14 heavy (non-hydrogen) atoms. The van der Waals surface area contributed by atoms with Crippen molar-refractivity contribution in [3.05, 3.63) is 35.4 Å². The molecule has 0 aliphatic heterocycles. The van der Waals surface area contributed by atoms with Gasteiger partial charge in [-0.15, -0.1) is 0 Å². The third-order valence-corrected chi connectivity index (χ3v) is 2.39. The number of nitrogens with one attached hydrogen (secondary N) is 1. The first-order valence-electron chi connectivity index (χ1n) is 5.07. The van der Waals surface area contributed by atoms with E-state index in [0.29, 0.717) is 0 Å². The van der Waals surface area contributed by atoms with Crippen LogP contribution in [0.3, 0.4) is 0 Å². The normalized spacial score (nSPS) is 15.1. The van der Waals surface area contributed by atoms with E-state index in [9.17, 15) is 0 Å². The van der Waals surface area contributed by atoms with Crippen LogP contribution in [0.1, 0.15) is 31.0 Å². The Kier molecular flexibility index (Phi) is 4.11. The minimum atomic E-state index is 0.145. The molecule has 78 valence electrons. The molecule has 0 amide bonds. The quantitative estimate of drug-likeness (QED) is 0.767. The van der Waals surface area contributed by atoms with Crippen molar-refractivity contribution in [2.24, 2.45) is 0 Å². The minimum Gasteiger partial charge on any atom is -0.395 e. The average molecular weight is 193 g/mol. The molecule has 0 aliphatic carbocycles. The average Bonchev–Trinajstić information content (AvgIpc) is 2.18. The number of hydrogen-bond acceptors (Lipinski definition) is 2. The molecule has 1 aromatic rings. The molecule has 0 heterocycles. The monoisotopic (exact) mass is 193 g/mol. The van der Waals surface area contributed by atoms with Gasteiger partial charge >= 0.3 is 0 Å². The standard InChI is InChI=1S/C12H19NO/c1-9-4-6-12(7-5-9)11(3)13-10(2)8-14/h4-7,10-11,13-14H,8H2,1-3H3/t10-,11-/m0/s1.